The molecule has 1 fully saturated rings. The van der Waals surface area contributed by atoms with Gasteiger partial charge in [-0.2, -0.15) is 10.2 Å². The van der Waals surface area contributed by atoms with E-state index in [0.29, 0.717) is 19.6 Å². The van der Waals surface area contributed by atoms with Gasteiger partial charge in [0.1, 0.15) is 36.2 Å². The molecule has 3 heterocycles. The molecule has 0 saturated carbocycles. The van der Waals surface area contributed by atoms with Crippen LogP contribution in [0.25, 0.3) is 5.69 Å². The number of β-amino-alcohol motifs (C(OH)–C–C–N with tert-alkyl or cyclic N) is 1. The van der Waals surface area contributed by atoms with Crippen molar-refractivity contribution in [3.63, 3.8) is 0 Å². The molecule has 10 nitrogen and oxygen atoms in total. The van der Waals surface area contributed by atoms with E-state index in [1.807, 2.05) is 30.3 Å². The van der Waals surface area contributed by atoms with Gasteiger partial charge in [0.05, 0.1) is 12.2 Å². The van der Waals surface area contributed by atoms with E-state index in [2.05, 4.69) is 25.0 Å². The molecule has 200 valence electrons. The Balaban J connectivity index is 1.16. The van der Waals surface area contributed by atoms with Gasteiger partial charge in [-0.1, -0.05) is 24.3 Å². The predicted octanol–water partition coefficient (Wildman–Crippen LogP) is 1.50. The molecule has 1 saturated heterocycles. The zero-order valence-electron chi connectivity index (χ0n) is 20.9. The third-order valence-corrected chi connectivity index (χ3v) is 6.88. The second kappa shape index (κ2) is 11.3. The van der Waals surface area contributed by atoms with Crippen molar-refractivity contribution in [1.82, 2.24) is 38.9 Å². The van der Waals surface area contributed by atoms with Gasteiger partial charge in [-0.15, -0.1) is 0 Å². The van der Waals surface area contributed by atoms with Crippen LogP contribution in [0.3, 0.4) is 0 Å². The Morgan fingerprint density at radius 3 is 2.37 bits per heavy atom. The smallest absolute Gasteiger partial charge is 0.350 e. The van der Waals surface area contributed by atoms with Crippen LogP contribution in [0.1, 0.15) is 12.0 Å². The van der Waals surface area contributed by atoms with Gasteiger partial charge in [0.15, 0.2) is 0 Å². The first-order valence-electron chi connectivity index (χ1n) is 12.6. The summed E-state index contributed by atoms with van der Waals surface area (Å²) in [4.78, 5) is 20.9. The van der Waals surface area contributed by atoms with E-state index in [1.54, 1.807) is 6.33 Å². The van der Waals surface area contributed by atoms with Gasteiger partial charge in [0.25, 0.3) is 0 Å². The van der Waals surface area contributed by atoms with Gasteiger partial charge in [-0.25, -0.2) is 32.5 Å². The number of piperazine rings is 1. The Morgan fingerprint density at radius 2 is 1.66 bits per heavy atom. The lowest BCUT2D eigenvalue weighted by Crippen LogP contribution is -2.52. The number of aryl methyl sites for hydroxylation is 1. The van der Waals surface area contributed by atoms with Gasteiger partial charge in [-0.05, 0) is 24.6 Å². The van der Waals surface area contributed by atoms with Crippen molar-refractivity contribution in [3.05, 3.63) is 95.2 Å². The second-order valence-electron chi connectivity index (χ2n) is 9.56. The molecule has 0 aliphatic carbocycles. The Hall–Kier alpha value is -3.74. The first kappa shape index (κ1) is 25.9. The van der Waals surface area contributed by atoms with E-state index < -0.39 is 17.2 Å². The fourth-order valence-electron chi connectivity index (χ4n) is 4.91. The number of aliphatic hydroxyl groups is 1. The summed E-state index contributed by atoms with van der Waals surface area (Å²) in [6.07, 6.45) is 5.11. The maximum Gasteiger partial charge on any atom is 0.350 e. The van der Waals surface area contributed by atoms with Crippen LogP contribution in [-0.4, -0.2) is 83.3 Å². The number of halogens is 2. The van der Waals surface area contributed by atoms with Crippen LogP contribution >= 0.6 is 0 Å². The summed E-state index contributed by atoms with van der Waals surface area (Å²) >= 11 is 0. The van der Waals surface area contributed by atoms with Gasteiger partial charge < -0.3 is 10.0 Å². The summed E-state index contributed by atoms with van der Waals surface area (Å²) in [5.41, 5.74) is -0.978. The van der Waals surface area contributed by atoms with Crippen molar-refractivity contribution in [3.8, 4) is 5.69 Å². The second-order valence-corrected chi connectivity index (χ2v) is 9.56. The summed E-state index contributed by atoms with van der Waals surface area (Å²) in [6, 6.07) is 12.6. The van der Waals surface area contributed by atoms with Gasteiger partial charge in [-0.3, -0.25) is 4.90 Å². The summed E-state index contributed by atoms with van der Waals surface area (Å²) in [7, 11) is 0. The summed E-state index contributed by atoms with van der Waals surface area (Å²) in [5, 5.41) is 19.9. The zero-order valence-corrected chi connectivity index (χ0v) is 20.9. The lowest BCUT2D eigenvalue weighted by molar-refractivity contribution is -0.0319. The third-order valence-electron chi connectivity index (χ3n) is 6.88. The number of aromatic nitrogens is 6. The molecule has 5 rings (SSSR count). The number of rotatable bonds is 10. The molecular formula is C26H30F2N8O2. The van der Waals surface area contributed by atoms with Gasteiger partial charge in [0, 0.05) is 57.4 Å². The number of benzene rings is 2. The van der Waals surface area contributed by atoms with Crippen LogP contribution in [0.4, 0.5) is 8.78 Å². The molecule has 0 spiro atoms. The van der Waals surface area contributed by atoms with Crippen LogP contribution in [-0.2, 0) is 18.7 Å². The van der Waals surface area contributed by atoms with E-state index in [4.69, 9.17) is 0 Å². The topological polar surface area (TPSA) is 97.2 Å². The fraction of sp³-hybridized carbons (Fsp3) is 0.385. The van der Waals surface area contributed by atoms with Crippen molar-refractivity contribution in [2.24, 2.45) is 0 Å². The zero-order chi connectivity index (χ0) is 26.5. The maximum atomic E-state index is 14.7. The Kier molecular flexibility index (Phi) is 7.72. The number of hydrogen-bond acceptors (Lipinski definition) is 7. The highest BCUT2D eigenvalue weighted by Crippen LogP contribution is 2.28. The average Bonchev–Trinajstić information content (AvgIpc) is 3.55. The molecule has 4 aromatic rings. The summed E-state index contributed by atoms with van der Waals surface area (Å²) in [5.74, 6) is -1.49. The minimum absolute atomic E-state index is 0.0137. The summed E-state index contributed by atoms with van der Waals surface area (Å²) in [6.45, 7) is 4.33. The molecular weight excluding hydrogens is 494 g/mol. The minimum atomic E-state index is -1.62. The maximum absolute atomic E-state index is 14.7. The Morgan fingerprint density at radius 1 is 0.895 bits per heavy atom. The average molecular weight is 525 g/mol. The fourth-order valence-corrected chi connectivity index (χ4v) is 4.91. The largest absolute Gasteiger partial charge is 0.382 e. The first-order valence-corrected chi connectivity index (χ1v) is 12.6. The highest BCUT2D eigenvalue weighted by molar-refractivity contribution is 5.30. The van der Waals surface area contributed by atoms with E-state index in [9.17, 15) is 18.7 Å². The van der Waals surface area contributed by atoms with Crippen LogP contribution in [0.2, 0.25) is 0 Å². The van der Waals surface area contributed by atoms with Crippen LogP contribution in [0, 0.1) is 11.6 Å². The van der Waals surface area contributed by atoms with E-state index in [1.165, 1.54) is 32.7 Å². The molecule has 1 aliphatic heterocycles. The first-order chi connectivity index (χ1) is 18.4. The molecule has 12 heteroatoms. The normalized spacial score (nSPS) is 16.5. The van der Waals surface area contributed by atoms with Crippen LogP contribution in [0.5, 0.6) is 0 Å². The monoisotopic (exact) mass is 524 g/mol. The molecule has 2 aromatic heterocycles. The van der Waals surface area contributed by atoms with Crippen molar-refractivity contribution < 1.29 is 13.9 Å². The van der Waals surface area contributed by atoms with Crippen molar-refractivity contribution in [2.75, 3.05) is 39.3 Å². The molecule has 1 N–H and O–H groups in total. The Bertz CT molecular complexity index is 1380. The molecule has 2 aromatic carbocycles. The SMILES string of the molecule is O=c1n(-c2ccccc2)cnn1CCCN1CCN(CC(O)(Cn2cncn2)c2ccc(F)cc2F)CC1. The standard InChI is InChI=1S/C26H30F2N8O2/c27-21-7-8-23(24(28)15-21)26(38,17-34-19-29-18-30-34)16-33-13-11-32(12-14-33)9-4-10-36-25(37)35(20-31-36)22-5-2-1-3-6-22/h1-3,5-8,15,18-20,38H,4,9-14,16-17H2. The quantitative estimate of drug-likeness (QED) is 0.336. The molecule has 1 aliphatic rings. The van der Waals surface area contributed by atoms with Crippen molar-refractivity contribution in [2.45, 2.75) is 25.1 Å². The lowest BCUT2D eigenvalue weighted by atomic mass is 9.92. The van der Waals surface area contributed by atoms with Gasteiger partial charge in [0.2, 0.25) is 0 Å². The van der Waals surface area contributed by atoms with Crippen LogP contribution < -0.4 is 5.69 Å². The Labute approximate surface area is 218 Å². The predicted molar refractivity (Wildman–Crippen MR) is 136 cm³/mol. The molecule has 0 amide bonds. The molecule has 1 atom stereocenters. The van der Waals surface area contributed by atoms with Crippen molar-refractivity contribution in [1.29, 1.82) is 0 Å². The minimum Gasteiger partial charge on any atom is -0.382 e. The molecule has 1 unspecified atom stereocenters. The molecule has 0 bridgehead atoms. The number of para-hydroxylation sites is 1. The number of hydrogen-bond donors (Lipinski definition) is 1. The van der Waals surface area contributed by atoms with E-state index in [0.717, 1.165) is 43.9 Å². The van der Waals surface area contributed by atoms with Gasteiger partial charge >= 0.3 is 5.69 Å². The third kappa shape index (κ3) is 5.87. The van der Waals surface area contributed by atoms with E-state index >= 15 is 0 Å². The summed E-state index contributed by atoms with van der Waals surface area (Å²) < 4.78 is 32.7. The molecule has 0 radical (unpaired) electrons. The lowest BCUT2D eigenvalue weighted by Gasteiger charge is -2.39. The van der Waals surface area contributed by atoms with Crippen LogP contribution in [0.15, 0.2) is 72.3 Å². The number of nitrogens with zero attached hydrogens (tertiary/aromatic N) is 8. The highest BCUT2D eigenvalue weighted by atomic mass is 19.1. The van der Waals surface area contributed by atoms with E-state index in [-0.39, 0.29) is 24.3 Å². The highest BCUT2D eigenvalue weighted by Gasteiger charge is 2.36. The van der Waals surface area contributed by atoms with Crippen molar-refractivity contribution >= 4 is 0 Å². The molecule has 38 heavy (non-hydrogen) atoms.